The van der Waals surface area contributed by atoms with E-state index in [0.29, 0.717) is 18.1 Å². The number of hydrogen-bond acceptors (Lipinski definition) is 3. The molecule has 1 aromatic heterocycles. The molecule has 0 aliphatic rings. The molecule has 90 valence electrons. The molecular weight excluding hydrogens is 238 g/mol. The third-order valence-corrected chi connectivity index (χ3v) is 2.84. The number of nitrogens with one attached hydrogen (secondary N) is 1. The molecule has 0 saturated heterocycles. The number of nitrogens with zero attached hydrogens (tertiary/aromatic N) is 2. The van der Waals surface area contributed by atoms with Crippen molar-refractivity contribution in [1.82, 2.24) is 15.1 Å². The van der Waals surface area contributed by atoms with E-state index in [1.165, 1.54) is 0 Å². The fraction of sp³-hybridized carbons (Fsp3) is 0.250. The smallest absolute Gasteiger partial charge is 0.121 e. The Morgan fingerprint density at radius 3 is 2.88 bits per heavy atom. The molecule has 0 aliphatic heterocycles. The van der Waals surface area contributed by atoms with Crippen molar-refractivity contribution in [1.29, 1.82) is 0 Å². The predicted octanol–water partition coefficient (Wildman–Crippen LogP) is 2.07. The van der Waals surface area contributed by atoms with Gasteiger partial charge in [0, 0.05) is 42.5 Å². The van der Waals surface area contributed by atoms with Crippen LogP contribution in [0.5, 0.6) is 5.75 Å². The van der Waals surface area contributed by atoms with Crippen LogP contribution >= 0.6 is 11.6 Å². The first-order valence-electron chi connectivity index (χ1n) is 5.31. The minimum Gasteiger partial charge on any atom is -0.508 e. The Hall–Kier alpha value is -1.52. The van der Waals surface area contributed by atoms with Gasteiger partial charge in [0.25, 0.3) is 0 Å². The van der Waals surface area contributed by atoms with E-state index in [1.54, 1.807) is 29.1 Å². The minimum absolute atomic E-state index is 0.219. The Bertz CT molecular complexity index is 490. The van der Waals surface area contributed by atoms with Crippen molar-refractivity contribution in [3.05, 3.63) is 46.7 Å². The number of phenols is 1. The van der Waals surface area contributed by atoms with Gasteiger partial charge in [-0.1, -0.05) is 17.7 Å². The van der Waals surface area contributed by atoms with Gasteiger partial charge in [0.2, 0.25) is 0 Å². The van der Waals surface area contributed by atoms with Crippen molar-refractivity contribution in [2.75, 3.05) is 0 Å². The molecule has 0 aliphatic carbocycles. The highest BCUT2D eigenvalue weighted by Crippen LogP contribution is 2.24. The number of aryl methyl sites for hydroxylation is 1. The quantitative estimate of drug-likeness (QED) is 0.875. The number of benzene rings is 1. The summed E-state index contributed by atoms with van der Waals surface area (Å²) < 4.78 is 1.75. The Morgan fingerprint density at radius 2 is 2.24 bits per heavy atom. The summed E-state index contributed by atoms with van der Waals surface area (Å²) in [5.74, 6) is 0.219. The summed E-state index contributed by atoms with van der Waals surface area (Å²) in [6, 6.07) is 5.12. The third kappa shape index (κ3) is 2.99. The summed E-state index contributed by atoms with van der Waals surface area (Å²) in [5.41, 5.74) is 1.82. The lowest BCUT2D eigenvalue weighted by Gasteiger charge is -2.07. The first-order chi connectivity index (χ1) is 8.16. The van der Waals surface area contributed by atoms with E-state index < -0.39 is 0 Å². The van der Waals surface area contributed by atoms with Crippen LogP contribution in [0.2, 0.25) is 5.02 Å². The van der Waals surface area contributed by atoms with Gasteiger partial charge in [0.1, 0.15) is 5.75 Å². The van der Waals surface area contributed by atoms with Gasteiger partial charge >= 0.3 is 0 Å². The maximum absolute atomic E-state index is 9.65. The fourth-order valence-electron chi connectivity index (χ4n) is 1.62. The SMILES string of the molecule is Cn1cc(CNCc2c(O)cccc2Cl)cn1. The van der Waals surface area contributed by atoms with Crippen LogP contribution in [0.25, 0.3) is 0 Å². The second-order valence-electron chi connectivity index (χ2n) is 3.86. The summed E-state index contributed by atoms with van der Waals surface area (Å²) in [4.78, 5) is 0. The van der Waals surface area contributed by atoms with Crippen molar-refractivity contribution < 1.29 is 5.11 Å². The van der Waals surface area contributed by atoms with Crippen LogP contribution < -0.4 is 5.32 Å². The van der Waals surface area contributed by atoms with E-state index in [4.69, 9.17) is 11.6 Å². The lowest BCUT2D eigenvalue weighted by atomic mass is 10.2. The maximum Gasteiger partial charge on any atom is 0.121 e. The molecule has 1 heterocycles. The predicted molar refractivity (Wildman–Crippen MR) is 66.9 cm³/mol. The van der Waals surface area contributed by atoms with Crippen LogP contribution in [0.4, 0.5) is 0 Å². The van der Waals surface area contributed by atoms with Gasteiger partial charge in [0.05, 0.1) is 6.20 Å². The van der Waals surface area contributed by atoms with E-state index in [9.17, 15) is 5.11 Å². The number of aromatic hydroxyl groups is 1. The summed E-state index contributed by atoms with van der Waals surface area (Å²) in [5, 5.41) is 17.5. The molecule has 2 rings (SSSR count). The number of aromatic nitrogens is 2. The maximum atomic E-state index is 9.65. The van der Waals surface area contributed by atoms with Crippen molar-refractivity contribution >= 4 is 11.6 Å². The monoisotopic (exact) mass is 251 g/mol. The second-order valence-corrected chi connectivity index (χ2v) is 4.27. The summed E-state index contributed by atoms with van der Waals surface area (Å²) in [7, 11) is 1.88. The molecule has 2 N–H and O–H groups in total. The van der Waals surface area contributed by atoms with Gasteiger partial charge in [-0.2, -0.15) is 5.10 Å². The molecule has 0 unspecified atom stereocenters. The zero-order valence-corrected chi connectivity index (χ0v) is 10.3. The van der Waals surface area contributed by atoms with Gasteiger partial charge in [0.15, 0.2) is 0 Å². The van der Waals surface area contributed by atoms with Crippen LogP contribution in [0.1, 0.15) is 11.1 Å². The van der Waals surface area contributed by atoms with E-state index in [0.717, 1.165) is 11.1 Å². The van der Waals surface area contributed by atoms with Crippen LogP contribution in [0.15, 0.2) is 30.6 Å². The average Bonchev–Trinajstić information content (AvgIpc) is 2.69. The van der Waals surface area contributed by atoms with Crippen molar-refractivity contribution in [2.45, 2.75) is 13.1 Å². The van der Waals surface area contributed by atoms with Gasteiger partial charge in [-0.15, -0.1) is 0 Å². The number of halogens is 1. The van der Waals surface area contributed by atoms with Crippen LogP contribution in [0.3, 0.4) is 0 Å². The second kappa shape index (κ2) is 5.21. The summed E-state index contributed by atoms with van der Waals surface area (Å²) in [6.07, 6.45) is 3.75. The molecule has 0 amide bonds. The molecular formula is C12H14ClN3O. The van der Waals surface area contributed by atoms with E-state index in [-0.39, 0.29) is 5.75 Å². The van der Waals surface area contributed by atoms with Crippen LogP contribution in [-0.4, -0.2) is 14.9 Å². The lowest BCUT2D eigenvalue weighted by molar-refractivity contribution is 0.464. The molecule has 0 saturated carbocycles. The summed E-state index contributed by atoms with van der Waals surface area (Å²) in [6.45, 7) is 1.22. The number of rotatable bonds is 4. The first-order valence-corrected chi connectivity index (χ1v) is 5.69. The average molecular weight is 252 g/mol. The molecule has 2 aromatic rings. The largest absolute Gasteiger partial charge is 0.508 e. The number of hydrogen-bond donors (Lipinski definition) is 2. The van der Waals surface area contributed by atoms with E-state index >= 15 is 0 Å². The van der Waals surface area contributed by atoms with Crippen molar-refractivity contribution in [3.8, 4) is 5.75 Å². The Balaban J connectivity index is 1.94. The lowest BCUT2D eigenvalue weighted by Crippen LogP contribution is -2.12. The minimum atomic E-state index is 0.219. The fourth-order valence-corrected chi connectivity index (χ4v) is 1.85. The van der Waals surface area contributed by atoms with Gasteiger partial charge in [-0.3, -0.25) is 4.68 Å². The zero-order chi connectivity index (χ0) is 12.3. The van der Waals surface area contributed by atoms with E-state index in [2.05, 4.69) is 10.4 Å². The molecule has 5 heteroatoms. The highest BCUT2D eigenvalue weighted by atomic mass is 35.5. The Kier molecular flexibility index (Phi) is 3.66. The van der Waals surface area contributed by atoms with Crippen LogP contribution in [0, 0.1) is 0 Å². The topological polar surface area (TPSA) is 50.1 Å². The molecule has 0 atom stereocenters. The molecule has 0 radical (unpaired) electrons. The molecule has 0 fully saturated rings. The highest BCUT2D eigenvalue weighted by Gasteiger charge is 2.05. The molecule has 0 bridgehead atoms. The molecule has 0 spiro atoms. The Morgan fingerprint density at radius 1 is 1.41 bits per heavy atom. The van der Waals surface area contributed by atoms with Gasteiger partial charge in [-0.05, 0) is 12.1 Å². The Labute approximate surface area is 105 Å². The third-order valence-electron chi connectivity index (χ3n) is 2.48. The molecule has 17 heavy (non-hydrogen) atoms. The van der Waals surface area contributed by atoms with Gasteiger partial charge in [-0.25, -0.2) is 0 Å². The highest BCUT2D eigenvalue weighted by molar-refractivity contribution is 6.31. The summed E-state index contributed by atoms with van der Waals surface area (Å²) >= 11 is 6.00. The van der Waals surface area contributed by atoms with Gasteiger partial charge < -0.3 is 10.4 Å². The van der Waals surface area contributed by atoms with E-state index in [1.807, 2.05) is 13.2 Å². The first kappa shape index (κ1) is 12.0. The zero-order valence-electron chi connectivity index (χ0n) is 9.52. The molecule has 4 nitrogen and oxygen atoms in total. The molecule has 1 aromatic carbocycles. The standard InChI is InChI=1S/C12H14ClN3O/c1-16-8-9(6-15-16)5-14-7-10-11(13)3-2-4-12(10)17/h2-4,6,8,14,17H,5,7H2,1H3. The normalized spacial score (nSPS) is 10.7. The van der Waals surface area contributed by atoms with Crippen LogP contribution in [-0.2, 0) is 20.1 Å². The van der Waals surface area contributed by atoms with Crippen molar-refractivity contribution in [2.24, 2.45) is 7.05 Å². The van der Waals surface area contributed by atoms with Crippen molar-refractivity contribution in [3.63, 3.8) is 0 Å². The number of phenolic OH excluding ortho intramolecular Hbond substituents is 1.